The summed E-state index contributed by atoms with van der Waals surface area (Å²) in [7, 11) is 1.52. The molecule has 0 fully saturated rings. The van der Waals surface area contributed by atoms with Crippen molar-refractivity contribution in [1.82, 2.24) is 0 Å². The van der Waals surface area contributed by atoms with Crippen molar-refractivity contribution in [2.45, 2.75) is 6.92 Å². The molecule has 0 heterocycles. The van der Waals surface area contributed by atoms with Gasteiger partial charge in [-0.3, -0.25) is 4.79 Å². The molecule has 4 heteroatoms. The molecule has 0 saturated carbocycles. The Kier molecular flexibility index (Phi) is 3.14. The maximum absolute atomic E-state index is 10.8. The van der Waals surface area contributed by atoms with E-state index in [0.29, 0.717) is 16.5 Å². The first-order valence-corrected chi connectivity index (χ1v) is 4.12. The van der Waals surface area contributed by atoms with E-state index in [-0.39, 0.29) is 5.91 Å². The van der Waals surface area contributed by atoms with Crippen LogP contribution >= 0.6 is 11.6 Å². The Hall–Kier alpha value is -1.22. The van der Waals surface area contributed by atoms with Crippen LogP contribution < -0.4 is 10.1 Å². The van der Waals surface area contributed by atoms with Gasteiger partial charge in [-0.1, -0.05) is 11.6 Å². The molecule has 1 aromatic carbocycles. The molecule has 0 aliphatic rings. The van der Waals surface area contributed by atoms with Crippen molar-refractivity contribution >= 4 is 23.2 Å². The SMILES string of the molecule is COc1cc(Cl)ccc1NC(C)=O. The maximum atomic E-state index is 10.8. The summed E-state index contributed by atoms with van der Waals surface area (Å²) in [6.07, 6.45) is 0. The quantitative estimate of drug-likeness (QED) is 0.794. The van der Waals surface area contributed by atoms with Gasteiger partial charge in [0.15, 0.2) is 0 Å². The molecule has 0 atom stereocenters. The highest BCUT2D eigenvalue weighted by molar-refractivity contribution is 6.30. The number of benzene rings is 1. The van der Waals surface area contributed by atoms with E-state index in [4.69, 9.17) is 16.3 Å². The Balaban J connectivity index is 2.99. The fourth-order valence-electron chi connectivity index (χ4n) is 0.958. The average molecular weight is 200 g/mol. The van der Waals surface area contributed by atoms with Gasteiger partial charge in [0.1, 0.15) is 5.75 Å². The van der Waals surface area contributed by atoms with Gasteiger partial charge in [-0.25, -0.2) is 0 Å². The highest BCUT2D eigenvalue weighted by Crippen LogP contribution is 2.27. The monoisotopic (exact) mass is 199 g/mol. The van der Waals surface area contributed by atoms with E-state index < -0.39 is 0 Å². The van der Waals surface area contributed by atoms with E-state index in [1.54, 1.807) is 18.2 Å². The Morgan fingerprint density at radius 1 is 1.54 bits per heavy atom. The number of halogens is 1. The number of carbonyl (C=O) groups is 1. The van der Waals surface area contributed by atoms with Crippen LogP contribution in [0.25, 0.3) is 0 Å². The summed E-state index contributed by atoms with van der Waals surface area (Å²) in [5.74, 6) is 0.420. The molecule has 13 heavy (non-hydrogen) atoms. The van der Waals surface area contributed by atoms with E-state index in [1.807, 2.05) is 0 Å². The van der Waals surface area contributed by atoms with E-state index in [9.17, 15) is 4.79 Å². The minimum atomic E-state index is -0.138. The van der Waals surface area contributed by atoms with E-state index in [0.717, 1.165) is 0 Å². The van der Waals surface area contributed by atoms with Gasteiger partial charge in [-0.2, -0.15) is 0 Å². The summed E-state index contributed by atoms with van der Waals surface area (Å²) < 4.78 is 5.03. The van der Waals surface area contributed by atoms with Crippen LogP contribution in [0.3, 0.4) is 0 Å². The molecule has 1 aromatic rings. The number of rotatable bonds is 2. The van der Waals surface area contributed by atoms with Crippen LogP contribution in [0.1, 0.15) is 6.92 Å². The zero-order chi connectivity index (χ0) is 9.84. The third-order valence-corrected chi connectivity index (χ3v) is 1.71. The summed E-state index contributed by atoms with van der Waals surface area (Å²) in [4.78, 5) is 10.8. The molecule has 0 aliphatic carbocycles. The molecule has 3 nitrogen and oxygen atoms in total. The fraction of sp³-hybridized carbons (Fsp3) is 0.222. The first-order chi connectivity index (χ1) is 6.13. The van der Waals surface area contributed by atoms with Gasteiger partial charge in [0, 0.05) is 18.0 Å². The molecule has 0 aromatic heterocycles. The molecule has 0 saturated heterocycles. The largest absolute Gasteiger partial charge is 0.495 e. The maximum Gasteiger partial charge on any atom is 0.221 e. The number of hydrogen-bond acceptors (Lipinski definition) is 2. The minimum Gasteiger partial charge on any atom is -0.495 e. The van der Waals surface area contributed by atoms with Crippen LogP contribution in [0.4, 0.5) is 5.69 Å². The molecule has 1 N–H and O–H groups in total. The van der Waals surface area contributed by atoms with Crippen molar-refractivity contribution in [3.8, 4) is 5.75 Å². The normalized spacial score (nSPS) is 9.46. The van der Waals surface area contributed by atoms with Crippen molar-refractivity contribution < 1.29 is 9.53 Å². The zero-order valence-electron chi connectivity index (χ0n) is 7.43. The highest BCUT2D eigenvalue weighted by atomic mass is 35.5. The predicted molar refractivity (Wildman–Crippen MR) is 52.3 cm³/mol. The Labute approximate surface area is 81.7 Å². The third-order valence-electron chi connectivity index (χ3n) is 1.47. The fourth-order valence-corrected chi connectivity index (χ4v) is 1.12. The number of amides is 1. The van der Waals surface area contributed by atoms with Crippen LogP contribution in [0.2, 0.25) is 5.02 Å². The number of methoxy groups -OCH3 is 1. The highest BCUT2D eigenvalue weighted by Gasteiger charge is 2.04. The predicted octanol–water partition coefficient (Wildman–Crippen LogP) is 2.31. The van der Waals surface area contributed by atoms with Gasteiger partial charge in [0.25, 0.3) is 0 Å². The van der Waals surface area contributed by atoms with Gasteiger partial charge >= 0.3 is 0 Å². The van der Waals surface area contributed by atoms with Crippen molar-refractivity contribution in [2.75, 3.05) is 12.4 Å². The van der Waals surface area contributed by atoms with Gasteiger partial charge < -0.3 is 10.1 Å². The number of nitrogens with one attached hydrogen (secondary N) is 1. The van der Waals surface area contributed by atoms with Crippen molar-refractivity contribution in [3.05, 3.63) is 23.2 Å². The number of anilines is 1. The molecular formula is C9H10ClNO2. The number of carbonyl (C=O) groups excluding carboxylic acids is 1. The second kappa shape index (κ2) is 4.14. The van der Waals surface area contributed by atoms with Crippen LogP contribution in [0.15, 0.2) is 18.2 Å². The lowest BCUT2D eigenvalue weighted by molar-refractivity contribution is -0.114. The average Bonchev–Trinajstić information content (AvgIpc) is 2.07. The van der Waals surface area contributed by atoms with Gasteiger partial charge in [0.05, 0.1) is 12.8 Å². The molecule has 0 bridgehead atoms. The van der Waals surface area contributed by atoms with Crippen molar-refractivity contribution in [2.24, 2.45) is 0 Å². The number of ether oxygens (including phenoxy) is 1. The summed E-state index contributed by atoms with van der Waals surface area (Å²) in [5.41, 5.74) is 0.624. The summed E-state index contributed by atoms with van der Waals surface area (Å²) in [6, 6.07) is 5.03. The van der Waals surface area contributed by atoms with Crippen LogP contribution in [0, 0.1) is 0 Å². The lowest BCUT2D eigenvalue weighted by atomic mass is 10.3. The van der Waals surface area contributed by atoms with Crippen LogP contribution in [-0.4, -0.2) is 13.0 Å². The van der Waals surface area contributed by atoms with Crippen LogP contribution in [-0.2, 0) is 4.79 Å². The number of hydrogen-bond donors (Lipinski definition) is 1. The summed E-state index contributed by atoms with van der Waals surface area (Å²) >= 11 is 5.74. The summed E-state index contributed by atoms with van der Waals surface area (Å²) in [6.45, 7) is 1.44. The van der Waals surface area contributed by atoms with Gasteiger partial charge in [-0.05, 0) is 12.1 Å². The molecule has 0 unspecified atom stereocenters. The molecule has 1 rings (SSSR count). The standard InChI is InChI=1S/C9H10ClNO2/c1-6(12)11-8-4-3-7(10)5-9(8)13-2/h3-5H,1-2H3,(H,11,12). The Bertz CT molecular complexity index is 325. The second-order valence-electron chi connectivity index (χ2n) is 2.53. The topological polar surface area (TPSA) is 38.3 Å². The molecule has 0 spiro atoms. The van der Waals surface area contributed by atoms with Gasteiger partial charge in [0.2, 0.25) is 5.91 Å². The molecular weight excluding hydrogens is 190 g/mol. The van der Waals surface area contributed by atoms with E-state index >= 15 is 0 Å². The van der Waals surface area contributed by atoms with E-state index in [2.05, 4.69) is 5.32 Å². The van der Waals surface area contributed by atoms with E-state index in [1.165, 1.54) is 14.0 Å². The molecule has 1 amide bonds. The third kappa shape index (κ3) is 2.63. The van der Waals surface area contributed by atoms with Gasteiger partial charge in [-0.15, -0.1) is 0 Å². The summed E-state index contributed by atoms with van der Waals surface area (Å²) in [5, 5.41) is 3.20. The first kappa shape index (κ1) is 9.86. The van der Waals surface area contributed by atoms with Crippen molar-refractivity contribution in [1.29, 1.82) is 0 Å². The Morgan fingerprint density at radius 3 is 2.77 bits per heavy atom. The Morgan fingerprint density at radius 2 is 2.23 bits per heavy atom. The molecule has 0 radical (unpaired) electrons. The lowest BCUT2D eigenvalue weighted by Gasteiger charge is -2.08. The van der Waals surface area contributed by atoms with Crippen molar-refractivity contribution in [3.63, 3.8) is 0 Å². The molecule has 0 aliphatic heterocycles. The van der Waals surface area contributed by atoms with Crippen LogP contribution in [0.5, 0.6) is 5.75 Å². The first-order valence-electron chi connectivity index (χ1n) is 3.74. The second-order valence-corrected chi connectivity index (χ2v) is 2.96. The molecule has 70 valence electrons. The smallest absolute Gasteiger partial charge is 0.221 e. The minimum absolute atomic E-state index is 0.138. The zero-order valence-corrected chi connectivity index (χ0v) is 8.18. The lowest BCUT2D eigenvalue weighted by Crippen LogP contribution is -2.06.